The van der Waals surface area contributed by atoms with Crippen LogP contribution < -0.4 is 0 Å². The van der Waals surface area contributed by atoms with Crippen molar-refractivity contribution in [3.8, 4) is 11.3 Å². The molecule has 0 amide bonds. The number of rotatable bonds is 6. The molecule has 0 saturated carbocycles. The predicted octanol–water partition coefficient (Wildman–Crippen LogP) is 3.85. The monoisotopic (exact) mass is 275 g/mol. The zero-order chi connectivity index (χ0) is 13.7. The number of carboxylic acids is 1. The molecule has 4 heteroatoms. The van der Waals surface area contributed by atoms with Crippen molar-refractivity contribution in [2.75, 3.05) is 0 Å². The molecule has 0 aliphatic heterocycles. The van der Waals surface area contributed by atoms with E-state index in [1.54, 1.807) is 11.3 Å². The summed E-state index contributed by atoms with van der Waals surface area (Å²) in [6.45, 7) is 2.01. The fourth-order valence-corrected chi connectivity index (χ4v) is 2.90. The number of thiazole rings is 1. The Balaban J connectivity index is 2.11. The number of hydrogen-bond donors (Lipinski definition) is 1. The summed E-state index contributed by atoms with van der Waals surface area (Å²) < 4.78 is 0. The first-order valence-corrected chi connectivity index (χ1v) is 7.31. The van der Waals surface area contributed by atoms with E-state index in [-0.39, 0.29) is 5.92 Å². The van der Waals surface area contributed by atoms with Crippen LogP contribution in [0.1, 0.15) is 24.8 Å². The molecule has 0 bridgehead atoms. The smallest absolute Gasteiger partial charge is 0.306 e. The largest absolute Gasteiger partial charge is 0.481 e. The van der Waals surface area contributed by atoms with Gasteiger partial charge in [-0.2, -0.15) is 0 Å². The summed E-state index contributed by atoms with van der Waals surface area (Å²) in [5.41, 5.74) is 2.01. The van der Waals surface area contributed by atoms with Gasteiger partial charge in [0.05, 0.1) is 16.6 Å². The van der Waals surface area contributed by atoms with Gasteiger partial charge in [-0.25, -0.2) is 4.98 Å². The predicted molar refractivity (Wildman–Crippen MR) is 77.3 cm³/mol. The van der Waals surface area contributed by atoms with Crippen molar-refractivity contribution in [3.63, 3.8) is 0 Å². The first-order valence-electron chi connectivity index (χ1n) is 6.43. The normalized spacial score (nSPS) is 12.3. The lowest BCUT2D eigenvalue weighted by atomic mass is 10.0. The van der Waals surface area contributed by atoms with E-state index in [0.717, 1.165) is 22.7 Å². The zero-order valence-electron chi connectivity index (χ0n) is 10.9. The molecule has 0 radical (unpaired) electrons. The van der Waals surface area contributed by atoms with Gasteiger partial charge in [0, 0.05) is 17.4 Å². The Morgan fingerprint density at radius 3 is 2.74 bits per heavy atom. The van der Waals surface area contributed by atoms with E-state index < -0.39 is 5.97 Å². The molecule has 19 heavy (non-hydrogen) atoms. The lowest BCUT2D eigenvalue weighted by Gasteiger charge is -2.08. The first-order chi connectivity index (χ1) is 9.20. The van der Waals surface area contributed by atoms with Crippen LogP contribution in [0.5, 0.6) is 0 Å². The van der Waals surface area contributed by atoms with Gasteiger partial charge in [-0.1, -0.05) is 43.7 Å². The Hall–Kier alpha value is -1.68. The van der Waals surface area contributed by atoms with Crippen molar-refractivity contribution in [3.05, 3.63) is 40.7 Å². The van der Waals surface area contributed by atoms with Gasteiger partial charge in [0.25, 0.3) is 0 Å². The van der Waals surface area contributed by atoms with E-state index in [2.05, 4.69) is 4.98 Å². The van der Waals surface area contributed by atoms with E-state index >= 15 is 0 Å². The summed E-state index contributed by atoms with van der Waals surface area (Å²) in [6, 6.07) is 9.95. The summed E-state index contributed by atoms with van der Waals surface area (Å²) in [6.07, 6.45) is 2.12. The average molecular weight is 275 g/mol. The average Bonchev–Trinajstić information content (AvgIpc) is 2.88. The zero-order valence-corrected chi connectivity index (χ0v) is 11.7. The van der Waals surface area contributed by atoms with Crippen molar-refractivity contribution < 1.29 is 9.90 Å². The fraction of sp³-hybridized carbons (Fsp3) is 0.333. The van der Waals surface area contributed by atoms with Gasteiger partial charge in [0.1, 0.15) is 0 Å². The van der Waals surface area contributed by atoms with Crippen molar-refractivity contribution in [2.45, 2.75) is 26.2 Å². The Morgan fingerprint density at radius 2 is 2.11 bits per heavy atom. The molecular weight excluding hydrogens is 258 g/mol. The molecule has 100 valence electrons. The lowest BCUT2D eigenvalue weighted by molar-refractivity contribution is -0.141. The fourth-order valence-electron chi connectivity index (χ4n) is 2.02. The SMILES string of the molecule is CCCC(Cc1nc(-c2ccccc2)cs1)C(=O)O. The second-order valence-electron chi connectivity index (χ2n) is 4.52. The van der Waals surface area contributed by atoms with Crippen LogP contribution in [0.25, 0.3) is 11.3 Å². The van der Waals surface area contributed by atoms with Crippen LogP contribution in [0.15, 0.2) is 35.7 Å². The molecular formula is C15H17NO2S. The molecule has 1 aromatic heterocycles. The minimum Gasteiger partial charge on any atom is -0.481 e. The molecule has 1 N–H and O–H groups in total. The maximum Gasteiger partial charge on any atom is 0.306 e. The van der Waals surface area contributed by atoms with Crippen LogP contribution in [0.2, 0.25) is 0 Å². The number of nitrogens with zero attached hydrogens (tertiary/aromatic N) is 1. The highest BCUT2D eigenvalue weighted by molar-refractivity contribution is 7.09. The molecule has 1 heterocycles. The summed E-state index contributed by atoms with van der Waals surface area (Å²) in [4.78, 5) is 15.7. The van der Waals surface area contributed by atoms with Gasteiger partial charge < -0.3 is 5.11 Å². The van der Waals surface area contributed by atoms with Crippen LogP contribution >= 0.6 is 11.3 Å². The van der Waals surface area contributed by atoms with Gasteiger partial charge >= 0.3 is 5.97 Å². The molecule has 2 aromatic rings. The second kappa shape index (κ2) is 6.48. The molecule has 3 nitrogen and oxygen atoms in total. The van der Waals surface area contributed by atoms with Crippen LogP contribution in [0, 0.1) is 5.92 Å². The molecule has 1 unspecified atom stereocenters. The maximum absolute atomic E-state index is 11.1. The van der Waals surface area contributed by atoms with Crippen LogP contribution in [-0.4, -0.2) is 16.1 Å². The van der Waals surface area contributed by atoms with Crippen LogP contribution in [0.4, 0.5) is 0 Å². The lowest BCUT2D eigenvalue weighted by Crippen LogP contribution is -2.16. The Labute approximate surface area is 116 Å². The molecule has 1 aromatic carbocycles. The number of aromatic nitrogens is 1. The van der Waals surface area contributed by atoms with Crippen molar-refractivity contribution >= 4 is 17.3 Å². The second-order valence-corrected chi connectivity index (χ2v) is 5.46. The third kappa shape index (κ3) is 3.64. The van der Waals surface area contributed by atoms with Gasteiger partial charge in [-0.05, 0) is 6.42 Å². The quantitative estimate of drug-likeness (QED) is 0.871. The highest BCUT2D eigenvalue weighted by Crippen LogP contribution is 2.24. The summed E-state index contributed by atoms with van der Waals surface area (Å²) in [7, 11) is 0. The summed E-state index contributed by atoms with van der Waals surface area (Å²) in [5, 5.41) is 12.1. The molecule has 0 saturated heterocycles. The molecule has 0 spiro atoms. The summed E-state index contributed by atoms with van der Waals surface area (Å²) >= 11 is 1.54. The molecule has 0 fully saturated rings. The van der Waals surface area contributed by atoms with Crippen LogP contribution in [0.3, 0.4) is 0 Å². The first kappa shape index (κ1) is 13.7. The van der Waals surface area contributed by atoms with Gasteiger partial charge in [-0.3, -0.25) is 4.79 Å². The topological polar surface area (TPSA) is 50.2 Å². The molecule has 1 atom stereocenters. The highest BCUT2D eigenvalue weighted by Gasteiger charge is 2.18. The number of benzene rings is 1. The minimum atomic E-state index is -0.724. The van der Waals surface area contributed by atoms with E-state index in [0.29, 0.717) is 12.8 Å². The third-order valence-electron chi connectivity index (χ3n) is 3.03. The molecule has 0 aliphatic rings. The van der Waals surface area contributed by atoms with Gasteiger partial charge in [0.2, 0.25) is 0 Å². The van der Waals surface area contributed by atoms with Crippen molar-refractivity contribution in [2.24, 2.45) is 5.92 Å². The van der Waals surface area contributed by atoms with Crippen molar-refractivity contribution in [1.82, 2.24) is 4.98 Å². The highest BCUT2D eigenvalue weighted by atomic mass is 32.1. The molecule has 0 aliphatic carbocycles. The Kier molecular flexibility index (Phi) is 4.68. The number of hydrogen-bond acceptors (Lipinski definition) is 3. The minimum absolute atomic E-state index is 0.320. The molecule has 2 rings (SSSR count). The van der Waals surface area contributed by atoms with E-state index in [4.69, 9.17) is 5.11 Å². The van der Waals surface area contributed by atoms with E-state index in [1.807, 2.05) is 42.6 Å². The van der Waals surface area contributed by atoms with Crippen molar-refractivity contribution in [1.29, 1.82) is 0 Å². The maximum atomic E-state index is 11.1. The van der Waals surface area contributed by atoms with Gasteiger partial charge in [-0.15, -0.1) is 11.3 Å². The number of aliphatic carboxylic acids is 1. The number of carboxylic acid groups (broad SMARTS) is 1. The Bertz CT molecular complexity index is 536. The Morgan fingerprint density at radius 1 is 1.37 bits per heavy atom. The summed E-state index contributed by atoms with van der Waals surface area (Å²) in [5.74, 6) is -1.04. The third-order valence-corrected chi connectivity index (χ3v) is 3.90. The standard InChI is InChI=1S/C15H17NO2S/c1-2-6-12(15(17)18)9-14-16-13(10-19-14)11-7-4-3-5-8-11/h3-5,7-8,10,12H,2,6,9H2,1H3,(H,17,18). The number of carbonyl (C=O) groups is 1. The van der Waals surface area contributed by atoms with Crippen LogP contribution in [-0.2, 0) is 11.2 Å². The van der Waals surface area contributed by atoms with Gasteiger partial charge in [0.15, 0.2) is 0 Å². The van der Waals surface area contributed by atoms with E-state index in [1.165, 1.54) is 0 Å². The van der Waals surface area contributed by atoms with E-state index in [9.17, 15) is 4.79 Å².